The summed E-state index contributed by atoms with van der Waals surface area (Å²) in [6.07, 6.45) is 1.78. The van der Waals surface area contributed by atoms with Crippen LogP contribution in [0.25, 0.3) is 0 Å². The molecule has 0 aromatic rings. The van der Waals surface area contributed by atoms with Gasteiger partial charge in [-0.05, 0) is 18.3 Å². The van der Waals surface area contributed by atoms with Crippen LogP contribution in [-0.4, -0.2) is 29.2 Å². The molecule has 0 heterocycles. The highest BCUT2D eigenvalue weighted by molar-refractivity contribution is 5.79. The van der Waals surface area contributed by atoms with E-state index in [0.717, 1.165) is 6.42 Å². The maximum Gasteiger partial charge on any atom is 0.133 e. The summed E-state index contributed by atoms with van der Waals surface area (Å²) in [7, 11) is 0. The van der Waals surface area contributed by atoms with Gasteiger partial charge in [0, 0.05) is 26.1 Å². The van der Waals surface area contributed by atoms with Crippen LogP contribution in [0.1, 0.15) is 19.3 Å². The van der Waals surface area contributed by atoms with Crippen LogP contribution in [0, 0.1) is 11.8 Å². The van der Waals surface area contributed by atoms with Gasteiger partial charge in [-0.1, -0.05) is 0 Å². The van der Waals surface area contributed by atoms with E-state index in [2.05, 4.69) is 0 Å². The van der Waals surface area contributed by atoms with E-state index in [1.165, 1.54) is 0 Å². The van der Waals surface area contributed by atoms with E-state index in [9.17, 15) is 4.79 Å². The van der Waals surface area contributed by atoms with Gasteiger partial charge in [0.05, 0.1) is 0 Å². The summed E-state index contributed by atoms with van der Waals surface area (Å²) >= 11 is 0. The van der Waals surface area contributed by atoms with Gasteiger partial charge in [0.1, 0.15) is 5.78 Å². The van der Waals surface area contributed by atoms with Gasteiger partial charge in [0.25, 0.3) is 0 Å². The highest BCUT2D eigenvalue weighted by Crippen LogP contribution is 2.25. The molecule has 0 radical (unpaired) electrons. The van der Waals surface area contributed by atoms with E-state index in [0.29, 0.717) is 12.8 Å². The Morgan fingerprint density at radius 2 is 1.64 bits per heavy atom. The fourth-order valence-corrected chi connectivity index (χ4v) is 1.64. The van der Waals surface area contributed by atoms with E-state index in [1.54, 1.807) is 0 Å². The first-order valence-electron chi connectivity index (χ1n) is 3.99. The van der Waals surface area contributed by atoms with Crippen LogP contribution in [-0.2, 0) is 4.79 Å². The predicted molar refractivity (Wildman–Crippen MR) is 40.0 cm³/mol. The number of hydrogen-bond acceptors (Lipinski definition) is 3. The molecule has 0 aliphatic heterocycles. The topological polar surface area (TPSA) is 57.5 Å². The van der Waals surface area contributed by atoms with Crippen LogP contribution >= 0.6 is 0 Å². The molecule has 1 saturated carbocycles. The van der Waals surface area contributed by atoms with E-state index >= 15 is 0 Å². The molecule has 0 saturated heterocycles. The molecule has 0 unspecified atom stereocenters. The van der Waals surface area contributed by atoms with Crippen molar-refractivity contribution < 1.29 is 15.0 Å². The summed E-state index contributed by atoms with van der Waals surface area (Å²) in [6.45, 7) is 0.143. The summed E-state index contributed by atoms with van der Waals surface area (Å²) in [5, 5.41) is 17.6. The number of carbonyl (C=O) groups is 1. The highest BCUT2D eigenvalue weighted by atomic mass is 16.3. The van der Waals surface area contributed by atoms with Gasteiger partial charge in [0.2, 0.25) is 0 Å². The van der Waals surface area contributed by atoms with E-state index in [-0.39, 0.29) is 30.8 Å². The van der Waals surface area contributed by atoms with Crippen LogP contribution in [0.2, 0.25) is 0 Å². The monoisotopic (exact) mass is 158 g/mol. The van der Waals surface area contributed by atoms with Crippen molar-refractivity contribution >= 4 is 5.78 Å². The molecule has 0 aromatic carbocycles. The molecule has 64 valence electrons. The van der Waals surface area contributed by atoms with Crippen molar-refractivity contribution in [2.24, 2.45) is 11.8 Å². The number of aliphatic hydroxyl groups is 2. The lowest BCUT2D eigenvalue weighted by Gasteiger charge is -2.25. The van der Waals surface area contributed by atoms with Crippen LogP contribution in [0.5, 0.6) is 0 Å². The van der Waals surface area contributed by atoms with Crippen LogP contribution in [0.4, 0.5) is 0 Å². The average Bonchev–Trinajstić information content (AvgIpc) is 2.03. The molecular weight excluding hydrogens is 144 g/mol. The molecule has 0 amide bonds. The number of carbonyl (C=O) groups excluding carboxylic acids is 1. The Hall–Kier alpha value is -0.410. The molecule has 1 rings (SSSR count). The van der Waals surface area contributed by atoms with E-state index in [4.69, 9.17) is 10.2 Å². The van der Waals surface area contributed by atoms with Crippen molar-refractivity contribution in [3.63, 3.8) is 0 Å². The van der Waals surface area contributed by atoms with Crippen molar-refractivity contribution in [1.82, 2.24) is 0 Å². The van der Waals surface area contributed by atoms with Gasteiger partial charge in [-0.25, -0.2) is 0 Å². The van der Waals surface area contributed by atoms with Gasteiger partial charge in [-0.2, -0.15) is 0 Å². The Labute approximate surface area is 66.0 Å². The number of hydrogen-bond donors (Lipinski definition) is 2. The van der Waals surface area contributed by atoms with Gasteiger partial charge < -0.3 is 10.2 Å². The Kier molecular flexibility index (Phi) is 3.02. The molecule has 2 atom stereocenters. The standard InChI is InChI=1S/C8H14O3/c9-4-6-1-7(5-10)3-8(11)2-6/h6-7,9-10H,1-5H2/t6-,7+. The molecule has 11 heavy (non-hydrogen) atoms. The number of ketones is 1. The molecule has 0 bridgehead atoms. The molecule has 1 fully saturated rings. The smallest absolute Gasteiger partial charge is 0.133 e. The summed E-state index contributed by atoms with van der Waals surface area (Å²) in [5.74, 6) is 0.358. The lowest BCUT2D eigenvalue weighted by Crippen LogP contribution is -2.26. The molecule has 3 nitrogen and oxygen atoms in total. The van der Waals surface area contributed by atoms with Crippen LogP contribution in [0.3, 0.4) is 0 Å². The van der Waals surface area contributed by atoms with Crippen molar-refractivity contribution in [3.05, 3.63) is 0 Å². The van der Waals surface area contributed by atoms with Crippen molar-refractivity contribution in [2.45, 2.75) is 19.3 Å². The summed E-state index contributed by atoms with van der Waals surface area (Å²) in [6, 6.07) is 0. The van der Waals surface area contributed by atoms with Crippen LogP contribution in [0.15, 0.2) is 0 Å². The molecule has 1 aliphatic carbocycles. The van der Waals surface area contributed by atoms with Crippen molar-refractivity contribution in [1.29, 1.82) is 0 Å². The van der Waals surface area contributed by atoms with Crippen LogP contribution < -0.4 is 0 Å². The fourth-order valence-electron chi connectivity index (χ4n) is 1.64. The third-order valence-corrected chi connectivity index (χ3v) is 2.22. The number of aliphatic hydroxyl groups excluding tert-OH is 2. The molecule has 0 aromatic heterocycles. The predicted octanol–water partition coefficient (Wildman–Crippen LogP) is -0.0436. The molecular formula is C8H14O3. The minimum atomic E-state index is 0.0717. The first-order chi connectivity index (χ1) is 5.26. The molecule has 0 spiro atoms. The first kappa shape index (κ1) is 8.68. The zero-order valence-corrected chi connectivity index (χ0v) is 6.49. The Morgan fingerprint density at radius 1 is 1.18 bits per heavy atom. The van der Waals surface area contributed by atoms with Gasteiger partial charge in [-0.3, -0.25) is 4.79 Å². The molecule has 2 N–H and O–H groups in total. The second-order valence-corrected chi connectivity index (χ2v) is 3.28. The minimum absolute atomic E-state index is 0.0717. The maximum absolute atomic E-state index is 11.0. The van der Waals surface area contributed by atoms with E-state index < -0.39 is 0 Å². The maximum atomic E-state index is 11.0. The summed E-state index contributed by atoms with van der Waals surface area (Å²) < 4.78 is 0. The fraction of sp³-hybridized carbons (Fsp3) is 0.875. The molecule has 1 aliphatic rings. The lowest BCUT2D eigenvalue weighted by atomic mass is 9.81. The van der Waals surface area contributed by atoms with E-state index in [1.807, 2.05) is 0 Å². The SMILES string of the molecule is O=C1C[C@@H](CO)C[C@@H](CO)C1. The zero-order valence-electron chi connectivity index (χ0n) is 6.49. The summed E-state index contributed by atoms with van der Waals surface area (Å²) in [5.41, 5.74) is 0. The van der Waals surface area contributed by atoms with Gasteiger partial charge in [-0.15, -0.1) is 0 Å². The number of rotatable bonds is 2. The zero-order chi connectivity index (χ0) is 8.27. The minimum Gasteiger partial charge on any atom is -0.396 e. The quantitative estimate of drug-likeness (QED) is 0.592. The van der Waals surface area contributed by atoms with Gasteiger partial charge >= 0.3 is 0 Å². The lowest BCUT2D eigenvalue weighted by molar-refractivity contribution is -0.124. The average molecular weight is 158 g/mol. The Balaban J connectivity index is 2.43. The number of Topliss-reactive ketones (excluding diaryl/α,β-unsaturated/α-hetero) is 1. The second-order valence-electron chi connectivity index (χ2n) is 3.28. The highest BCUT2D eigenvalue weighted by Gasteiger charge is 2.25. The largest absolute Gasteiger partial charge is 0.396 e. The normalized spacial score (nSPS) is 32.4. The molecule has 3 heteroatoms. The third-order valence-electron chi connectivity index (χ3n) is 2.22. The van der Waals surface area contributed by atoms with Gasteiger partial charge in [0.15, 0.2) is 0 Å². The Morgan fingerprint density at radius 3 is 2.00 bits per heavy atom. The first-order valence-corrected chi connectivity index (χ1v) is 3.99. The summed E-state index contributed by atoms with van der Waals surface area (Å²) in [4.78, 5) is 11.0. The van der Waals surface area contributed by atoms with Crippen molar-refractivity contribution in [2.75, 3.05) is 13.2 Å². The second kappa shape index (κ2) is 3.83. The van der Waals surface area contributed by atoms with Crippen molar-refractivity contribution in [3.8, 4) is 0 Å². The Bertz CT molecular complexity index is 130. The third kappa shape index (κ3) is 2.27.